The van der Waals surface area contributed by atoms with Gasteiger partial charge < -0.3 is 5.73 Å². The summed E-state index contributed by atoms with van der Waals surface area (Å²) in [6.07, 6.45) is 1.04. The van der Waals surface area contributed by atoms with Gasteiger partial charge in [-0.2, -0.15) is 0 Å². The Bertz CT molecular complexity index is 526. The highest BCUT2D eigenvalue weighted by Crippen LogP contribution is 2.37. The van der Waals surface area contributed by atoms with Crippen LogP contribution in [-0.4, -0.2) is 34.6 Å². The first-order valence-corrected chi connectivity index (χ1v) is 9.29. The minimum atomic E-state index is 0.0226. The summed E-state index contributed by atoms with van der Waals surface area (Å²) in [7, 11) is 0. The molecule has 1 aromatic rings. The van der Waals surface area contributed by atoms with Gasteiger partial charge in [0.25, 0.3) is 0 Å². The molecule has 0 saturated carbocycles. The average Bonchev–Trinajstić information content (AvgIpc) is 2.91. The van der Waals surface area contributed by atoms with Crippen LogP contribution in [0.25, 0.3) is 0 Å². The zero-order chi connectivity index (χ0) is 14.7. The van der Waals surface area contributed by atoms with Crippen LogP contribution in [0, 0.1) is 0 Å². The van der Waals surface area contributed by atoms with E-state index in [2.05, 4.69) is 53.3 Å². The van der Waals surface area contributed by atoms with Crippen molar-refractivity contribution in [3.63, 3.8) is 0 Å². The Morgan fingerprint density at radius 3 is 2.85 bits per heavy atom. The van der Waals surface area contributed by atoms with Gasteiger partial charge in [-0.3, -0.25) is 9.89 Å². The van der Waals surface area contributed by atoms with E-state index in [1.54, 1.807) is 11.3 Å². The molecule has 3 heterocycles. The summed E-state index contributed by atoms with van der Waals surface area (Å²) >= 11 is 8.89. The Labute approximate surface area is 140 Å². The third kappa shape index (κ3) is 3.09. The molecule has 0 bridgehead atoms. The maximum Gasteiger partial charge on any atom is 0.197 e. The zero-order valence-electron chi connectivity index (χ0n) is 11.5. The van der Waals surface area contributed by atoms with Crippen molar-refractivity contribution in [2.45, 2.75) is 31.1 Å². The van der Waals surface area contributed by atoms with Crippen LogP contribution >= 0.6 is 43.2 Å². The summed E-state index contributed by atoms with van der Waals surface area (Å²) in [5, 5.41) is 2.07. The van der Waals surface area contributed by atoms with E-state index in [0.29, 0.717) is 5.96 Å². The number of fused-ring (bicyclic) bond motifs is 1. The lowest BCUT2D eigenvalue weighted by atomic mass is 10.1. The molecule has 3 rings (SSSR count). The molecule has 0 aliphatic carbocycles. The summed E-state index contributed by atoms with van der Waals surface area (Å²) in [5.41, 5.74) is 6.05. The van der Waals surface area contributed by atoms with E-state index in [9.17, 15) is 0 Å². The lowest BCUT2D eigenvalue weighted by Gasteiger charge is -2.37. The van der Waals surface area contributed by atoms with Gasteiger partial charge in [0.2, 0.25) is 0 Å². The second-order valence-corrected chi connectivity index (χ2v) is 7.09. The fourth-order valence-corrected chi connectivity index (χ4v) is 4.69. The van der Waals surface area contributed by atoms with Gasteiger partial charge in [0, 0.05) is 27.8 Å². The lowest BCUT2D eigenvalue weighted by molar-refractivity contribution is 0.501. The van der Waals surface area contributed by atoms with Crippen LogP contribution in [-0.2, 0) is 0 Å². The van der Waals surface area contributed by atoms with E-state index in [4.69, 9.17) is 5.73 Å². The van der Waals surface area contributed by atoms with Crippen LogP contribution in [0.2, 0.25) is 0 Å². The first-order chi connectivity index (χ1) is 9.66. The van der Waals surface area contributed by atoms with Crippen molar-refractivity contribution in [1.29, 1.82) is 0 Å². The quantitative estimate of drug-likeness (QED) is 0.701. The maximum absolute atomic E-state index is 6.05. The number of rotatable bonds is 1. The van der Waals surface area contributed by atoms with Crippen molar-refractivity contribution in [1.82, 2.24) is 4.90 Å². The van der Waals surface area contributed by atoms with Gasteiger partial charge in [0.05, 0.1) is 4.83 Å². The van der Waals surface area contributed by atoms with Crippen molar-refractivity contribution < 1.29 is 0 Å². The minimum Gasteiger partial charge on any atom is -0.369 e. The minimum absolute atomic E-state index is 0.0226. The number of halogens is 2. The topological polar surface area (TPSA) is 54.0 Å². The average molecular weight is 422 g/mol. The summed E-state index contributed by atoms with van der Waals surface area (Å²) in [6.45, 7) is 5.79. The van der Waals surface area contributed by atoms with Crippen LogP contribution < -0.4 is 5.73 Å². The van der Waals surface area contributed by atoms with Gasteiger partial charge in [0.15, 0.2) is 5.96 Å². The molecule has 4 nitrogen and oxygen atoms in total. The standard InChI is InChI=1S/C11H12Br2N4S.C2H6/c12-6-4-7(18-5-6)9-8(13)10-15-2-1-3-17(10)11(14)16-9;1-2/h4-5,8-9H,1-3H2,(H2,14,16);1-2H3/t8?,9-;/m1./s1. The fourth-order valence-electron chi connectivity index (χ4n) is 2.20. The van der Waals surface area contributed by atoms with E-state index in [1.807, 2.05) is 18.7 Å². The largest absolute Gasteiger partial charge is 0.369 e. The number of nitrogens with two attached hydrogens (primary N) is 1. The second-order valence-electron chi connectivity index (χ2n) is 4.25. The molecule has 0 spiro atoms. The number of alkyl halides is 1. The Hall–Kier alpha value is -0.400. The highest BCUT2D eigenvalue weighted by molar-refractivity contribution is 9.10. The van der Waals surface area contributed by atoms with Gasteiger partial charge in [-0.15, -0.1) is 11.3 Å². The second kappa shape index (κ2) is 7.04. The molecule has 0 saturated heterocycles. The van der Waals surface area contributed by atoms with Crippen molar-refractivity contribution in [2.24, 2.45) is 15.7 Å². The molecule has 0 radical (unpaired) electrons. The van der Waals surface area contributed by atoms with Crippen molar-refractivity contribution >= 4 is 55.0 Å². The SMILES string of the molecule is CC.NC1=N[C@H](c2cc(Br)cs2)C(Br)C2=NCCCN12. The molecule has 0 fully saturated rings. The summed E-state index contributed by atoms with van der Waals surface area (Å²) < 4.78 is 1.09. The highest BCUT2D eigenvalue weighted by atomic mass is 79.9. The van der Waals surface area contributed by atoms with Gasteiger partial charge in [-0.05, 0) is 28.4 Å². The number of hydrogen-bond acceptors (Lipinski definition) is 5. The smallest absolute Gasteiger partial charge is 0.197 e. The number of aliphatic imine (C=N–C) groups is 2. The Balaban J connectivity index is 0.000000704. The molecule has 1 unspecified atom stereocenters. The summed E-state index contributed by atoms with van der Waals surface area (Å²) in [5.74, 6) is 1.60. The number of nitrogens with zero attached hydrogens (tertiary/aromatic N) is 3. The van der Waals surface area contributed by atoms with Crippen LogP contribution in [0.5, 0.6) is 0 Å². The molecule has 20 heavy (non-hydrogen) atoms. The zero-order valence-corrected chi connectivity index (χ0v) is 15.5. The molecule has 0 aromatic carbocycles. The first kappa shape index (κ1) is 16.0. The molecule has 110 valence electrons. The third-order valence-electron chi connectivity index (χ3n) is 3.04. The van der Waals surface area contributed by atoms with Crippen molar-refractivity contribution in [3.05, 3.63) is 20.8 Å². The maximum atomic E-state index is 6.05. The van der Waals surface area contributed by atoms with Gasteiger partial charge in [-0.25, -0.2) is 4.99 Å². The van der Waals surface area contributed by atoms with Crippen LogP contribution in [0.1, 0.15) is 31.2 Å². The lowest BCUT2D eigenvalue weighted by Crippen LogP contribution is -2.52. The van der Waals surface area contributed by atoms with Crippen LogP contribution in [0.3, 0.4) is 0 Å². The fraction of sp³-hybridized carbons (Fsp3) is 0.538. The van der Waals surface area contributed by atoms with E-state index < -0.39 is 0 Å². The monoisotopic (exact) mass is 420 g/mol. The predicted octanol–water partition coefficient (Wildman–Crippen LogP) is 3.77. The molecule has 2 aliphatic rings. The molecule has 2 N–H and O–H groups in total. The molecule has 2 atom stereocenters. The van der Waals surface area contributed by atoms with Crippen molar-refractivity contribution in [3.8, 4) is 0 Å². The number of amidine groups is 1. The predicted molar refractivity (Wildman–Crippen MR) is 94.1 cm³/mol. The molecule has 0 amide bonds. The Kier molecular flexibility index (Phi) is 5.63. The van der Waals surface area contributed by atoms with Crippen LogP contribution in [0.15, 0.2) is 25.9 Å². The van der Waals surface area contributed by atoms with Gasteiger partial charge >= 0.3 is 0 Å². The number of guanidine groups is 1. The van der Waals surface area contributed by atoms with E-state index in [-0.39, 0.29) is 10.9 Å². The molecule has 2 aliphatic heterocycles. The molecule has 7 heteroatoms. The third-order valence-corrected chi connectivity index (χ3v) is 5.72. The normalized spacial score (nSPS) is 25.1. The summed E-state index contributed by atoms with van der Waals surface area (Å²) in [6, 6.07) is 2.12. The molecule has 1 aromatic heterocycles. The first-order valence-electron chi connectivity index (χ1n) is 6.70. The van der Waals surface area contributed by atoms with Gasteiger partial charge in [-0.1, -0.05) is 29.8 Å². The van der Waals surface area contributed by atoms with Crippen LogP contribution in [0.4, 0.5) is 0 Å². The van der Waals surface area contributed by atoms with Crippen molar-refractivity contribution in [2.75, 3.05) is 13.1 Å². The van der Waals surface area contributed by atoms with E-state index >= 15 is 0 Å². The highest BCUT2D eigenvalue weighted by Gasteiger charge is 2.36. The van der Waals surface area contributed by atoms with Gasteiger partial charge in [0.1, 0.15) is 11.9 Å². The number of thiophene rings is 1. The molecular formula is C13H18Br2N4S. The summed E-state index contributed by atoms with van der Waals surface area (Å²) in [4.78, 5) is 12.5. The number of hydrogen-bond donors (Lipinski definition) is 1. The van der Waals surface area contributed by atoms with E-state index in [0.717, 1.165) is 29.8 Å². The molecular weight excluding hydrogens is 404 g/mol. The Morgan fingerprint density at radius 2 is 2.20 bits per heavy atom. The Morgan fingerprint density at radius 1 is 1.45 bits per heavy atom. The van der Waals surface area contributed by atoms with E-state index in [1.165, 1.54) is 4.88 Å².